The molecule has 2 N–H and O–H groups in total. The van der Waals surface area contributed by atoms with Gasteiger partial charge in [0.2, 0.25) is 11.8 Å². The summed E-state index contributed by atoms with van der Waals surface area (Å²) in [4.78, 5) is 17.2. The number of carbonyl (C=O) groups excluding carboxylic acids is 1. The highest BCUT2D eigenvalue weighted by Crippen LogP contribution is 2.36. The molecule has 0 saturated heterocycles. The minimum absolute atomic E-state index is 0.155. The Morgan fingerprint density at radius 3 is 3.09 bits per heavy atom. The lowest BCUT2D eigenvalue weighted by Crippen LogP contribution is -2.30. The number of hydrogen-bond acceptors (Lipinski definition) is 5. The van der Waals surface area contributed by atoms with Gasteiger partial charge in [-0.15, -0.1) is 11.3 Å². The van der Waals surface area contributed by atoms with E-state index in [0.29, 0.717) is 33.7 Å². The van der Waals surface area contributed by atoms with Crippen molar-refractivity contribution >= 4 is 40.4 Å². The Kier molecular flexibility index (Phi) is 4.54. The van der Waals surface area contributed by atoms with Crippen LogP contribution in [0.15, 0.2) is 17.6 Å². The van der Waals surface area contributed by atoms with Gasteiger partial charge >= 0.3 is 0 Å². The number of carbonyl (C=O) groups is 1. The molecular weight excluding hydrogens is 347 g/mol. The van der Waals surface area contributed by atoms with E-state index in [1.807, 2.05) is 0 Å². The molecule has 1 aliphatic heterocycles. The summed E-state index contributed by atoms with van der Waals surface area (Å²) in [5.74, 6) is 0.0229. The number of fused-ring (bicyclic) bond motifs is 1. The normalized spacial score (nSPS) is 16.2. The van der Waals surface area contributed by atoms with Crippen molar-refractivity contribution in [1.82, 2.24) is 10.3 Å². The minimum Gasteiger partial charge on any atom is -0.476 e. The zero-order valence-electron chi connectivity index (χ0n) is 11.3. The van der Waals surface area contributed by atoms with E-state index in [9.17, 15) is 9.90 Å². The summed E-state index contributed by atoms with van der Waals surface area (Å²) < 4.78 is 5.36. The van der Waals surface area contributed by atoms with Gasteiger partial charge in [-0.05, 0) is 23.3 Å². The third-order valence-electron chi connectivity index (χ3n) is 3.44. The third-order valence-corrected chi connectivity index (χ3v) is 4.92. The molecule has 2 aromatic rings. The highest BCUT2D eigenvalue weighted by atomic mass is 35.5. The molecule has 8 heteroatoms. The second-order valence-corrected chi connectivity index (χ2v) is 6.52. The predicted molar refractivity (Wildman–Crippen MR) is 84.6 cm³/mol. The third kappa shape index (κ3) is 2.92. The van der Waals surface area contributed by atoms with Crippen LogP contribution in [0.1, 0.15) is 21.9 Å². The number of rotatable bonds is 4. The highest BCUT2D eigenvalue weighted by molar-refractivity contribution is 7.10. The topological polar surface area (TPSA) is 71.5 Å². The molecule has 1 aliphatic rings. The molecule has 0 saturated carbocycles. The first-order valence-electron chi connectivity index (χ1n) is 6.51. The predicted octanol–water partition coefficient (Wildman–Crippen LogP) is 2.73. The van der Waals surface area contributed by atoms with Gasteiger partial charge in [-0.25, -0.2) is 4.98 Å². The smallest absolute Gasteiger partial charge is 0.232 e. The van der Waals surface area contributed by atoms with E-state index >= 15 is 0 Å². The highest BCUT2D eigenvalue weighted by Gasteiger charge is 2.32. The first kappa shape index (κ1) is 15.6. The Morgan fingerprint density at radius 2 is 2.32 bits per heavy atom. The molecule has 5 nitrogen and oxygen atoms in total. The molecule has 2 heterocycles. The van der Waals surface area contributed by atoms with Crippen molar-refractivity contribution < 1.29 is 14.6 Å². The number of hydrogen-bond donors (Lipinski definition) is 2. The summed E-state index contributed by atoms with van der Waals surface area (Å²) >= 11 is 13.4. The van der Waals surface area contributed by atoms with Gasteiger partial charge in [-0.3, -0.25) is 4.79 Å². The van der Waals surface area contributed by atoms with Gasteiger partial charge in [0.15, 0.2) is 0 Å². The fourth-order valence-corrected chi connectivity index (χ4v) is 3.73. The van der Waals surface area contributed by atoms with Gasteiger partial charge in [0, 0.05) is 16.6 Å². The summed E-state index contributed by atoms with van der Waals surface area (Å²) in [6.45, 7) is 0.314. The Hall–Kier alpha value is -1.34. The Bertz CT molecular complexity index is 720. The van der Waals surface area contributed by atoms with Crippen molar-refractivity contribution in [2.75, 3.05) is 6.61 Å². The first-order valence-corrected chi connectivity index (χ1v) is 8.15. The first-order chi connectivity index (χ1) is 10.6. The van der Waals surface area contributed by atoms with Crippen LogP contribution in [0.3, 0.4) is 0 Å². The van der Waals surface area contributed by atoms with Crippen LogP contribution in [-0.2, 0) is 17.9 Å². The molecule has 1 amide bonds. The lowest BCUT2D eigenvalue weighted by Gasteiger charge is -2.13. The van der Waals surface area contributed by atoms with Crippen LogP contribution in [0, 0.1) is 0 Å². The molecule has 0 radical (unpaired) electrons. The number of aliphatic hydroxyl groups is 1. The van der Waals surface area contributed by atoms with Crippen molar-refractivity contribution in [1.29, 1.82) is 0 Å². The van der Waals surface area contributed by atoms with E-state index in [4.69, 9.17) is 27.9 Å². The number of aliphatic hydroxyl groups excluding tert-OH is 1. The fraction of sp³-hybridized carbons (Fsp3) is 0.286. The quantitative estimate of drug-likeness (QED) is 0.881. The van der Waals surface area contributed by atoms with Crippen LogP contribution in [0.5, 0.6) is 5.88 Å². The molecule has 116 valence electrons. The maximum absolute atomic E-state index is 12.3. The summed E-state index contributed by atoms with van der Waals surface area (Å²) in [7, 11) is 0. The second-order valence-electron chi connectivity index (χ2n) is 4.79. The van der Waals surface area contributed by atoms with Gasteiger partial charge in [-0.1, -0.05) is 23.2 Å². The van der Waals surface area contributed by atoms with Crippen molar-refractivity contribution in [2.45, 2.75) is 19.1 Å². The van der Waals surface area contributed by atoms with E-state index < -0.39 is 0 Å². The Balaban J connectivity index is 1.72. The van der Waals surface area contributed by atoms with E-state index in [1.54, 1.807) is 17.6 Å². The molecule has 3 rings (SSSR count). The molecule has 0 spiro atoms. The van der Waals surface area contributed by atoms with Gasteiger partial charge < -0.3 is 15.2 Å². The van der Waals surface area contributed by atoms with Crippen LogP contribution in [0.2, 0.25) is 10.0 Å². The molecule has 1 aromatic carbocycles. The lowest BCUT2D eigenvalue weighted by molar-refractivity contribution is -0.122. The lowest BCUT2D eigenvalue weighted by atomic mass is 10.1. The fourth-order valence-electron chi connectivity index (χ4n) is 2.31. The summed E-state index contributed by atoms with van der Waals surface area (Å²) in [6, 6.07) is 3.22. The number of ether oxygens (including phenoxy) is 1. The largest absolute Gasteiger partial charge is 0.476 e. The van der Waals surface area contributed by atoms with Gasteiger partial charge in [-0.2, -0.15) is 0 Å². The van der Waals surface area contributed by atoms with E-state index in [2.05, 4.69) is 10.3 Å². The number of aromatic nitrogens is 1. The average molecular weight is 359 g/mol. The average Bonchev–Trinajstić information content (AvgIpc) is 3.07. The number of nitrogens with one attached hydrogen (secondary N) is 1. The van der Waals surface area contributed by atoms with Crippen LogP contribution in [-0.4, -0.2) is 22.6 Å². The summed E-state index contributed by atoms with van der Waals surface area (Å²) in [6.07, 6.45) is 0. The van der Waals surface area contributed by atoms with Crippen molar-refractivity contribution in [3.05, 3.63) is 43.7 Å². The molecule has 0 aliphatic carbocycles. The SMILES string of the molecule is O=C(NCc1c(Cl)cc(Cl)cc1CO)C1COc2ncsc21. The van der Waals surface area contributed by atoms with Crippen molar-refractivity contribution in [3.8, 4) is 5.88 Å². The summed E-state index contributed by atoms with van der Waals surface area (Å²) in [5, 5.41) is 13.1. The molecule has 1 atom stereocenters. The Labute approximate surface area is 140 Å². The van der Waals surface area contributed by atoms with Gasteiger partial charge in [0.1, 0.15) is 12.5 Å². The van der Waals surface area contributed by atoms with Crippen molar-refractivity contribution in [2.24, 2.45) is 0 Å². The maximum Gasteiger partial charge on any atom is 0.232 e. The van der Waals surface area contributed by atoms with Crippen molar-refractivity contribution in [3.63, 3.8) is 0 Å². The number of nitrogens with zero attached hydrogens (tertiary/aromatic N) is 1. The van der Waals surface area contributed by atoms with E-state index in [1.165, 1.54) is 11.3 Å². The van der Waals surface area contributed by atoms with Crippen LogP contribution < -0.4 is 10.1 Å². The van der Waals surface area contributed by atoms with E-state index in [0.717, 1.165) is 4.88 Å². The zero-order chi connectivity index (χ0) is 15.7. The Morgan fingerprint density at radius 1 is 1.50 bits per heavy atom. The van der Waals surface area contributed by atoms with Gasteiger partial charge in [0.25, 0.3) is 0 Å². The summed E-state index contributed by atoms with van der Waals surface area (Å²) in [5.41, 5.74) is 2.91. The molecule has 22 heavy (non-hydrogen) atoms. The number of amides is 1. The number of thiazole rings is 1. The van der Waals surface area contributed by atoms with Gasteiger partial charge in [0.05, 0.1) is 17.0 Å². The second kappa shape index (κ2) is 6.42. The maximum atomic E-state index is 12.3. The molecule has 1 unspecified atom stereocenters. The van der Waals surface area contributed by atoms with Crippen LogP contribution in [0.25, 0.3) is 0 Å². The van der Waals surface area contributed by atoms with Crippen LogP contribution in [0.4, 0.5) is 0 Å². The monoisotopic (exact) mass is 358 g/mol. The minimum atomic E-state index is -0.355. The number of halogens is 2. The number of benzene rings is 1. The standard InChI is InChI=1S/C14H12Cl2N2O3S/c15-8-1-7(4-19)9(11(16)2-8)3-17-13(20)10-5-21-14-12(10)22-6-18-14/h1-2,6,10,19H,3-5H2,(H,17,20). The molecule has 0 bridgehead atoms. The molecule has 0 fully saturated rings. The molecule has 1 aromatic heterocycles. The van der Waals surface area contributed by atoms with Crippen LogP contribution >= 0.6 is 34.5 Å². The van der Waals surface area contributed by atoms with E-state index in [-0.39, 0.29) is 25.0 Å². The molecular formula is C14H12Cl2N2O3S. The zero-order valence-corrected chi connectivity index (χ0v) is 13.6.